The highest BCUT2D eigenvalue weighted by atomic mass is 32.2. The smallest absolute Gasteiger partial charge is 0.191 e. The number of hydrogen-bond acceptors (Lipinski definition) is 4. The molecule has 0 spiro atoms. The van der Waals surface area contributed by atoms with Crippen molar-refractivity contribution < 1.29 is 9.52 Å². The van der Waals surface area contributed by atoms with Gasteiger partial charge >= 0.3 is 0 Å². The van der Waals surface area contributed by atoms with Gasteiger partial charge in [-0.3, -0.25) is 0 Å². The minimum Gasteiger partial charge on any atom is -0.466 e. The Balaban J connectivity index is 2.74. The van der Waals surface area contributed by atoms with Gasteiger partial charge in [0.05, 0.1) is 6.54 Å². The second-order valence-electron chi connectivity index (χ2n) is 5.22. The summed E-state index contributed by atoms with van der Waals surface area (Å²) in [4.78, 5) is 4.48. The number of aliphatic imine (C=N–C) groups is 1. The molecule has 0 aromatic carbocycles. The van der Waals surface area contributed by atoms with Crippen LogP contribution in [0.2, 0.25) is 0 Å². The molecule has 1 rings (SSSR count). The van der Waals surface area contributed by atoms with Gasteiger partial charge in [-0.15, -0.1) is 0 Å². The van der Waals surface area contributed by atoms with Crippen LogP contribution in [0, 0.1) is 13.8 Å². The van der Waals surface area contributed by atoms with Crippen LogP contribution in [0.3, 0.4) is 0 Å². The van der Waals surface area contributed by atoms with Gasteiger partial charge in [-0.2, -0.15) is 11.8 Å². The molecule has 0 saturated carbocycles. The maximum absolute atomic E-state index is 10.6. The van der Waals surface area contributed by atoms with Gasteiger partial charge in [0.25, 0.3) is 0 Å². The minimum absolute atomic E-state index is 0.279. The summed E-state index contributed by atoms with van der Waals surface area (Å²) in [5.41, 5.74) is -0.243. The van der Waals surface area contributed by atoms with Crippen LogP contribution in [0.15, 0.2) is 15.5 Å². The van der Waals surface area contributed by atoms with Crippen LogP contribution in [-0.2, 0) is 5.60 Å². The summed E-state index contributed by atoms with van der Waals surface area (Å²) in [6.07, 6.45) is 2.07. The van der Waals surface area contributed by atoms with Gasteiger partial charge in [0.1, 0.15) is 17.1 Å². The lowest BCUT2D eigenvalue weighted by molar-refractivity contribution is 0.0657. The van der Waals surface area contributed by atoms with E-state index in [9.17, 15) is 5.11 Å². The molecule has 0 amide bonds. The van der Waals surface area contributed by atoms with Gasteiger partial charge in [0, 0.05) is 24.4 Å². The molecule has 1 aromatic rings. The number of nitrogens with one attached hydrogen (secondary N) is 2. The SMILES string of the molecule is CCNC(=NCC(C)(O)c1cc(C)oc1C)NCCSC. The maximum Gasteiger partial charge on any atom is 0.191 e. The lowest BCUT2D eigenvalue weighted by atomic mass is 9.96. The Morgan fingerprint density at radius 2 is 2.14 bits per heavy atom. The number of furan rings is 1. The van der Waals surface area contributed by atoms with Crippen LogP contribution >= 0.6 is 11.8 Å². The number of aryl methyl sites for hydroxylation is 2. The highest BCUT2D eigenvalue weighted by molar-refractivity contribution is 7.98. The number of guanidine groups is 1. The van der Waals surface area contributed by atoms with Crippen molar-refractivity contribution in [2.24, 2.45) is 4.99 Å². The zero-order valence-electron chi connectivity index (χ0n) is 13.6. The normalized spacial score (nSPS) is 14.9. The Kier molecular flexibility index (Phi) is 7.11. The van der Waals surface area contributed by atoms with Crippen molar-refractivity contribution in [3.8, 4) is 0 Å². The van der Waals surface area contributed by atoms with Crippen molar-refractivity contribution >= 4 is 17.7 Å². The molecule has 0 radical (unpaired) electrons. The van der Waals surface area contributed by atoms with Gasteiger partial charge in [-0.05, 0) is 40.0 Å². The van der Waals surface area contributed by atoms with Crippen LogP contribution in [0.4, 0.5) is 0 Å². The van der Waals surface area contributed by atoms with E-state index in [4.69, 9.17) is 4.42 Å². The average molecular weight is 313 g/mol. The van der Waals surface area contributed by atoms with Crippen molar-refractivity contribution in [1.82, 2.24) is 10.6 Å². The van der Waals surface area contributed by atoms with Crippen molar-refractivity contribution in [3.63, 3.8) is 0 Å². The Bertz CT molecular complexity index is 469. The molecule has 0 aliphatic rings. The number of aliphatic hydroxyl groups is 1. The summed E-state index contributed by atoms with van der Waals surface area (Å²) in [6.45, 7) is 9.44. The van der Waals surface area contributed by atoms with E-state index in [-0.39, 0.29) is 6.54 Å². The molecule has 0 saturated heterocycles. The van der Waals surface area contributed by atoms with E-state index in [1.54, 1.807) is 18.7 Å². The molecule has 0 aliphatic carbocycles. The van der Waals surface area contributed by atoms with E-state index in [1.807, 2.05) is 26.8 Å². The monoisotopic (exact) mass is 313 g/mol. The van der Waals surface area contributed by atoms with Crippen LogP contribution in [-0.4, -0.2) is 42.7 Å². The van der Waals surface area contributed by atoms with E-state index in [0.717, 1.165) is 41.9 Å². The molecule has 21 heavy (non-hydrogen) atoms. The van der Waals surface area contributed by atoms with E-state index >= 15 is 0 Å². The molecule has 0 aliphatic heterocycles. The van der Waals surface area contributed by atoms with Crippen molar-refractivity contribution in [3.05, 3.63) is 23.2 Å². The molecule has 3 N–H and O–H groups in total. The Hall–Kier alpha value is -1.14. The fourth-order valence-electron chi connectivity index (χ4n) is 2.10. The Labute approximate surface area is 131 Å². The molecule has 1 heterocycles. The molecule has 5 nitrogen and oxygen atoms in total. The molecule has 1 aromatic heterocycles. The molecule has 120 valence electrons. The first-order valence-electron chi connectivity index (χ1n) is 7.21. The van der Waals surface area contributed by atoms with Gasteiger partial charge in [-0.1, -0.05) is 0 Å². The second kappa shape index (κ2) is 8.34. The molecule has 0 bridgehead atoms. The lowest BCUT2D eigenvalue weighted by Gasteiger charge is -2.21. The third-order valence-electron chi connectivity index (χ3n) is 3.11. The predicted molar refractivity (Wildman–Crippen MR) is 90.1 cm³/mol. The number of thioether (sulfide) groups is 1. The summed E-state index contributed by atoms with van der Waals surface area (Å²) < 4.78 is 5.49. The summed E-state index contributed by atoms with van der Waals surface area (Å²) in [7, 11) is 0. The largest absolute Gasteiger partial charge is 0.466 e. The molecule has 0 fully saturated rings. The zero-order valence-corrected chi connectivity index (χ0v) is 14.4. The highest BCUT2D eigenvalue weighted by Crippen LogP contribution is 2.27. The number of nitrogens with zero attached hydrogens (tertiary/aromatic N) is 1. The van der Waals surface area contributed by atoms with Crippen molar-refractivity contribution in [2.45, 2.75) is 33.3 Å². The van der Waals surface area contributed by atoms with Crippen molar-refractivity contribution in [2.75, 3.05) is 31.6 Å². The number of rotatable bonds is 7. The van der Waals surface area contributed by atoms with Crippen LogP contribution in [0.5, 0.6) is 0 Å². The fourth-order valence-corrected chi connectivity index (χ4v) is 2.40. The first-order valence-corrected chi connectivity index (χ1v) is 8.61. The zero-order chi connectivity index (χ0) is 15.9. The van der Waals surface area contributed by atoms with E-state index in [0.29, 0.717) is 0 Å². The minimum atomic E-state index is -1.04. The molecule has 1 unspecified atom stereocenters. The molecule has 6 heteroatoms. The molecule has 1 atom stereocenters. The highest BCUT2D eigenvalue weighted by Gasteiger charge is 2.27. The van der Waals surface area contributed by atoms with Crippen LogP contribution < -0.4 is 10.6 Å². The third-order valence-corrected chi connectivity index (χ3v) is 3.72. The summed E-state index contributed by atoms with van der Waals surface area (Å²) in [5, 5.41) is 17.1. The van der Waals surface area contributed by atoms with Gasteiger partial charge in [0.15, 0.2) is 5.96 Å². The van der Waals surface area contributed by atoms with Gasteiger partial charge in [-0.25, -0.2) is 4.99 Å². The molecular formula is C15H27N3O2S. The maximum atomic E-state index is 10.6. The first-order chi connectivity index (χ1) is 9.90. The topological polar surface area (TPSA) is 69.8 Å². The summed E-state index contributed by atoms with van der Waals surface area (Å²) >= 11 is 1.78. The van der Waals surface area contributed by atoms with Gasteiger partial charge in [0.2, 0.25) is 0 Å². The van der Waals surface area contributed by atoms with Crippen LogP contribution in [0.1, 0.15) is 30.9 Å². The summed E-state index contributed by atoms with van der Waals surface area (Å²) in [6, 6.07) is 1.87. The average Bonchev–Trinajstić information content (AvgIpc) is 2.76. The predicted octanol–water partition coefficient (Wildman–Crippen LogP) is 2.02. The lowest BCUT2D eigenvalue weighted by Crippen LogP contribution is -2.39. The fraction of sp³-hybridized carbons (Fsp3) is 0.667. The standard InChI is InChI=1S/C15H27N3O2S/c1-6-16-14(17-7-8-21-5)18-10-15(4,19)13-9-11(2)20-12(13)3/h9,19H,6-8,10H2,1-5H3,(H2,16,17,18). The van der Waals surface area contributed by atoms with E-state index in [1.165, 1.54) is 0 Å². The Morgan fingerprint density at radius 1 is 1.43 bits per heavy atom. The summed E-state index contributed by atoms with van der Waals surface area (Å²) in [5.74, 6) is 3.29. The second-order valence-corrected chi connectivity index (χ2v) is 6.20. The van der Waals surface area contributed by atoms with Crippen LogP contribution in [0.25, 0.3) is 0 Å². The van der Waals surface area contributed by atoms with E-state index < -0.39 is 5.60 Å². The quantitative estimate of drug-likeness (QED) is 0.408. The third kappa shape index (κ3) is 5.63. The van der Waals surface area contributed by atoms with E-state index in [2.05, 4.69) is 21.9 Å². The van der Waals surface area contributed by atoms with Crippen molar-refractivity contribution in [1.29, 1.82) is 0 Å². The number of hydrogen-bond donors (Lipinski definition) is 3. The van der Waals surface area contributed by atoms with Gasteiger partial charge < -0.3 is 20.2 Å². The molecular weight excluding hydrogens is 286 g/mol. The first kappa shape index (κ1) is 17.9. The Morgan fingerprint density at radius 3 is 2.67 bits per heavy atom.